The van der Waals surface area contributed by atoms with Gasteiger partial charge in [-0.1, -0.05) is 24.3 Å². The summed E-state index contributed by atoms with van der Waals surface area (Å²) in [6.45, 7) is 2.16. The first-order valence-corrected chi connectivity index (χ1v) is 6.55. The molecule has 90 valence electrons. The van der Waals surface area contributed by atoms with Crippen molar-refractivity contribution in [3.63, 3.8) is 0 Å². The minimum Gasteiger partial charge on any atom is -0.292 e. The van der Waals surface area contributed by atoms with Crippen LogP contribution in [0.15, 0.2) is 30.6 Å². The molecule has 0 spiro atoms. The smallest absolute Gasteiger partial charge is 0.230 e. The third kappa shape index (κ3) is 1.24. The van der Waals surface area contributed by atoms with Gasteiger partial charge in [-0.25, -0.2) is 4.57 Å². The molecule has 1 aliphatic carbocycles. The number of aryl methyl sites for hydroxylation is 1. The molecule has 0 radical (unpaired) electrons. The van der Waals surface area contributed by atoms with E-state index in [2.05, 4.69) is 40.8 Å². The third-order valence-electron chi connectivity index (χ3n) is 4.11. The van der Waals surface area contributed by atoms with Crippen molar-refractivity contribution in [3.8, 4) is 11.3 Å². The zero-order chi connectivity index (χ0) is 12.1. The van der Waals surface area contributed by atoms with Gasteiger partial charge in [-0.3, -0.25) is 4.90 Å². The maximum atomic E-state index is 4.70. The summed E-state index contributed by atoms with van der Waals surface area (Å²) >= 11 is 0. The molecule has 0 fully saturated rings. The molecule has 3 heteroatoms. The summed E-state index contributed by atoms with van der Waals surface area (Å²) < 4.78 is 2.28. The van der Waals surface area contributed by atoms with Gasteiger partial charge >= 0.3 is 0 Å². The van der Waals surface area contributed by atoms with Crippen LogP contribution in [-0.4, -0.2) is 18.6 Å². The van der Waals surface area contributed by atoms with Gasteiger partial charge in [-0.15, -0.1) is 4.98 Å². The van der Waals surface area contributed by atoms with Crippen molar-refractivity contribution in [2.45, 2.75) is 19.4 Å². The fourth-order valence-electron chi connectivity index (χ4n) is 3.21. The first-order valence-electron chi connectivity index (χ1n) is 6.55. The molecule has 1 aromatic carbocycles. The number of hydrogen-bond donors (Lipinski definition) is 0. The summed E-state index contributed by atoms with van der Waals surface area (Å²) in [4.78, 5) is 7.06. The molecule has 2 aromatic rings. The molecular formula is C15H16N3+. The molecule has 3 nitrogen and oxygen atoms in total. The quantitative estimate of drug-likeness (QED) is 0.649. The Bertz CT molecular complexity index is 634. The number of nitrogens with zero attached hydrogens (tertiary/aromatic N) is 3. The second-order valence-corrected chi connectivity index (χ2v) is 5.17. The van der Waals surface area contributed by atoms with Crippen LogP contribution in [0.25, 0.3) is 11.3 Å². The number of likely N-dealkylation sites (N-methyl/N-ethyl adjacent to an activating group) is 1. The van der Waals surface area contributed by atoms with E-state index in [4.69, 9.17) is 4.98 Å². The van der Waals surface area contributed by atoms with Crippen LogP contribution in [0.4, 0.5) is 5.82 Å². The molecule has 0 unspecified atom stereocenters. The Labute approximate surface area is 107 Å². The lowest BCUT2D eigenvalue weighted by Crippen LogP contribution is -2.33. The standard InChI is InChI=1S/C15H16N3/c1-17-8-9-18-10-16-14-12-5-3-2-4-11(12)6-7-13(14)15(17)18/h2-5,10H,6-9H2,1H3/q+1. The van der Waals surface area contributed by atoms with E-state index in [9.17, 15) is 0 Å². The Morgan fingerprint density at radius 2 is 2.11 bits per heavy atom. The Hall–Kier alpha value is -1.90. The topological polar surface area (TPSA) is 20.0 Å². The molecule has 0 N–H and O–H groups in total. The number of anilines is 1. The zero-order valence-electron chi connectivity index (χ0n) is 10.6. The molecule has 4 rings (SSSR count). The minimum absolute atomic E-state index is 1.06. The Morgan fingerprint density at radius 1 is 1.22 bits per heavy atom. The second-order valence-electron chi connectivity index (χ2n) is 5.17. The Balaban J connectivity index is 2.00. The van der Waals surface area contributed by atoms with E-state index in [0.29, 0.717) is 0 Å². The van der Waals surface area contributed by atoms with E-state index in [0.717, 1.165) is 25.9 Å². The molecule has 1 aliphatic heterocycles. The summed E-state index contributed by atoms with van der Waals surface area (Å²) in [6, 6.07) is 8.66. The van der Waals surface area contributed by atoms with Gasteiger partial charge in [-0.05, 0) is 18.4 Å². The predicted molar refractivity (Wildman–Crippen MR) is 70.5 cm³/mol. The molecule has 2 heterocycles. The number of hydrogen-bond acceptors (Lipinski definition) is 2. The fraction of sp³-hybridized carbons (Fsp3) is 0.333. The van der Waals surface area contributed by atoms with Gasteiger partial charge in [0.2, 0.25) is 12.1 Å². The number of rotatable bonds is 0. The van der Waals surface area contributed by atoms with Gasteiger partial charge in [0.15, 0.2) is 5.69 Å². The average Bonchev–Trinajstić information content (AvgIpc) is 2.80. The highest BCUT2D eigenvalue weighted by Crippen LogP contribution is 2.35. The van der Waals surface area contributed by atoms with Gasteiger partial charge in [0, 0.05) is 5.56 Å². The van der Waals surface area contributed by atoms with Crippen molar-refractivity contribution in [3.05, 3.63) is 41.7 Å². The number of benzene rings is 1. The average molecular weight is 238 g/mol. The monoisotopic (exact) mass is 238 g/mol. The summed E-state index contributed by atoms with van der Waals surface area (Å²) in [5.41, 5.74) is 5.37. The number of fused-ring (bicyclic) bond motifs is 5. The first kappa shape index (κ1) is 10.1. The largest absolute Gasteiger partial charge is 0.292 e. The lowest BCUT2D eigenvalue weighted by molar-refractivity contribution is -0.674. The Morgan fingerprint density at radius 3 is 3.06 bits per heavy atom. The van der Waals surface area contributed by atoms with Gasteiger partial charge in [-0.2, -0.15) is 0 Å². The third-order valence-corrected chi connectivity index (χ3v) is 4.11. The van der Waals surface area contributed by atoms with Crippen molar-refractivity contribution in [1.29, 1.82) is 0 Å². The van der Waals surface area contributed by atoms with Crippen LogP contribution in [0.3, 0.4) is 0 Å². The highest BCUT2D eigenvalue weighted by molar-refractivity contribution is 5.72. The summed E-state index contributed by atoms with van der Waals surface area (Å²) in [5, 5.41) is 0. The SMILES string of the molecule is CN1CC[n+]2cnc3c(c21)CCc1ccccc1-3. The zero-order valence-corrected chi connectivity index (χ0v) is 10.6. The van der Waals surface area contributed by atoms with Crippen molar-refractivity contribution in [2.75, 3.05) is 18.5 Å². The van der Waals surface area contributed by atoms with E-state index in [1.807, 2.05) is 6.33 Å². The molecule has 0 saturated carbocycles. The van der Waals surface area contributed by atoms with Crippen LogP contribution in [0.2, 0.25) is 0 Å². The van der Waals surface area contributed by atoms with Crippen molar-refractivity contribution < 1.29 is 4.57 Å². The van der Waals surface area contributed by atoms with E-state index in [1.165, 1.54) is 28.2 Å². The van der Waals surface area contributed by atoms with Crippen LogP contribution >= 0.6 is 0 Å². The lowest BCUT2D eigenvalue weighted by atomic mass is 9.89. The molecule has 0 saturated heterocycles. The molecule has 2 aliphatic rings. The maximum absolute atomic E-state index is 4.70. The molecule has 0 atom stereocenters. The van der Waals surface area contributed by atoms with Crippen molar-refractivity contribution in [1.82, 2.24) is 4.98 Å². The van der Waals surface area contributed by atoms with Gasteiger partial charge in [0.1, 0.15) is 6.54 Å². The Kier molecular flexibility index (Phi) is 1.98. The second kappa shape index (κ2) is 3.55. The van der Waals surface area contributed by atoms with E-state index >= 15 is 0 Å². The van der Waals surface area contributed by atoms with Crippen LogP contribution in [-0.2, 0) is 19.4 Å². The van der Waals surface area contributed by atoms with E-state index in [1.54, 1.807) is 0 Å². The fourth-order valence-corrected chi connectivity index (χ4v) is 3.21. The molecular weight excluding hydrogens is 222 g/mol. The highest BCUT2D eigenvalue weighted by atomic mass is 15.3. The van der Waals surface area contributed by atoms with Gasteiger partial charge in [0.25, 0.3) is 0 Å². The highest BCUT2D eigenvalue weighted by Gasteiger charge is 2.31. The van der Waals surface area contributed by atoms with Crippen LogP contribution < -0.4 is 9.47 Å². The summed E-state index contributed by atoms with van der Waals surface area (Å²) in [7, 11) is 2.18. The van der Waals surface area contributed by atoms with Crippen LogP contribution in [0, 0.1) is 0 Å². The van der Waals surface area contributed by atoms with Crippen LogP contribution in [0.1, 0.15) is 11.1 Å². The normalized spacial score (nSPS) is 16.2. The lowest BCUT2D eigenvalue weighted by Gasteiger charge is -2.19. The maximum Gasteiger partial charge on any atom is 0.230 e. The number of aromatic nitrogens is 2. The van der Waals surface area contributed by atoms with Crippen molar-refractivity contribution in [2.24, 2.45) is 0 Å². The predicted octanol–water partition coefficient (Wildman–Crippen LogP) is 1.58. The first-order chi connectivity index (χ1) is 8.84. The summed E-state index contributed by atoms with van der Waals surface area (Å²) in [5.74, 6) is 1.37. The van der Waals surface area contributed by atoms with E-state index < -0.39 is 0 Å². The molecule has 1 aromatic heterocycles. The minimum atomic E-state index is 1.06. The molecule has 0 bridgehead atoms. The summed E-state index contributed by atoms with van der Waals surface area (Å²) in [6.07, 6.45) is 4.25. The van der Waals surface area contributed by atoms with E-state index in [-0.39, 0.29) is 0 Å². The van der Waals surface area contributed by atoms with Crippen molar-refractivity contribution >= 4 is 5.82 Å². The van der Waals surface area contributed by atoms with Gasteiger partial charge in [0.05, 0.1) is 19.2 Å². The van der Waals surface area contributed by atoms with Gasteiger partial charge < -0.3 is 0 Å². The van der Waals surface area contributed by atoms with Crippen LogP contribution in [0.5, 0.6) is 0 Å². The molecule has 0 amide bonds. The molecule has 18 heavy (non-hydrogen) atoms.